The topological polar surface area (TPSA) is 67.6 Å². The van der Waals surface area contributed by atoms with Crippen LogP contribution in [0.15, 0.2) is 24.3 Å². The standard InChI is InChI=1S/C17H25N3O2/c18-13-17(6-10-22-11-7-17)16(21)19-14-4-3-5-15(12-14)20-8-1-2-9-20/h3-5,12H,1-2,6-11,13,18H2,(H,19,21). The third kappa shape index (κ3) is 3.10. The summed E-state index contributed by atoms with van der Waals surface area (Å²) in [6.45, 7) is 3.79. The highest BCUT2D eigenvalue weighted by Crippen LogP contribution is 2.31. The molecule has 2 heterocycles. The van der Waals surface area contributed by atoms with Gasteiger partial charge in [0.1, 0.15) is 0 Å². The van der Waals surface area contributed by atoms with E-state index in [0.717, 1.165) is 18.8 Å². The molecule has 3 N–H and O–H groups in total. The molecule has 2 fully saturated rings. The van der Waals surface area contributed by atoms with Crippen LogP contribution in [0.25, 0.3) is 0 Å². The molecule has 0 aliphatic carbocycles. The lowest BCUT2D eigenvalue weighted by Crippen LogP contribution is -2.46. The van der Waals surface area contributed by atoms with Gasteiger partial charge in [-0.15, -0.1) is 0 Å². The number of carbonyl (C=O) groups is 1. The average Bonchev–Trinajstić information content (AvgIpc) is 3.10. The van der Waals surface area contributed by atoms with Crippen LogP contribution in [0.2, 0.25) is 0 Å². The molecule has 2 aliphatic rings. The Balaban J connectivity index is 1.71. The van der Waals surface area contributed by atoms with Gasteiger partial charge in [-0.1, -0.05) is 6.07 Å². The predicted molar refractivity (Wildman–Crippen MR) is 88.1 cm³/mol. The number of hydrogen-bond acceptors (Lipinski definition) is 4. The minimum Gasteiger partial charge on any atom is -0.381 e. The maximum absolute atomic E-state index is 12.7. The van der Waals surface area contributed by atoms with E-state index in [2.05, 4.69) is 22.3 Å². The summed E-state index contributed by atoms with van der Waals surface area (Å²) in [5.74, 6) is 0.0249. The number of rotatable bonds is 4. The fourth-order valence-corrected chi connectivity index (χ4v) is 3.31. The van der Waals surface area contributed by atoms with Crippen LogP contribution in [0.4, 0.5) is 11.4 Å². The quantitative estimate of drug-likeness (QED) is 0.892. The van der Waals surface area contributed by atoms with Crippen molar-refractivity contribution in [3.63, 3.8) is 0 Å². The second-order valence-electron chi connectivity index (χ2n) is 6.30. The summed E-state index contributed by atoms with van der Waals surface area (Å²) in [6, 6.07) is 8.12. The molecule has 120 valence electrons. The first-order valence-electron chi connectivity index (χ1n) is 8.18. The Labute approximate surface area is 131 Å². The molecular weight excluding hydrogens is 278 g/mol. The van der Waals surface area contributed by atoms with Gasteiger partial charge in [0, 0.05) is 44.2 Å². The number of amides is 1. The van der Waals surface area contributed by atoms with Crippen molar-refractivity contribution in [2.24, 2.45) is 11.1 Å². The van der Waals surface area contributed by atoms with Crippen LogP contribution in [-0.2, 0) is 9.53 Å². The number of benzene rings is 1. The fraction of sp³-hybridized carbons (Fsp3) is 0.588. The Bertz CT molecular complexity index is 520. The highest BCUT2D eigenvalue weighted by Gasteiger charge is 2.38. The summed E-state index contributed by atoms with van der Waals surface area (Å²) in [7, 11) is 0. The van der Waals surface area contributed by atoms with Gasteiger partial charge in [-0.05, 0) is 43.9 Å². The molecule has 1 aromatic carbocycles. The van der Waals surface area contributed by atoms with Gasteiger partial charge < -0.3 is 20.7 Å². The number of ether oxygens (including phenoxy) is 1. The van der Waals surface area contributed by atoms with E-state index in [-0.39, 0.29) is 5.91 Å². The highest BCUT2D eigenvalue weighted by atomic mass is 16.5. The zero-order valence-corrected chi connectivity index (χ0v) is 13.0. The van der Waals surface area contributed by atoms with Crippen LogP contribution in [-0.4, -0.2) is 38.8 Å². The van der Waals surface area contributed by atoms with Gasteiger partial charge in [-0.2, -0.15) is 0 Å². The molecule has 22 heavy (non-hydrogen) atoms. The predicted octanol–water partition coefficient (Wildman–Crippen LogP) is 1.98. The Morgan fingerprint density at radius 2 is 2.00 bits per heavy atom. The highest BCUT2D eigenvalue weighted by molar-refractivity contribution is 5.96. The van der Waals surface area contributed by atoms with Crippen molar-refractivity contribution in [1.29, 1.82) is 0 Å². The van der Waals surface area contributed by atoms with Gasteiger partial charge >= 0.3 is 0 Å². The van der Waals surface area contributed by atoms with Crippen molar-refractivity contribution < 1.29 is 9.53 Å². The molecule has 5 heteroatoms. The molecule has 0 bridgehead atoms. The normalized spacial score (nSPS) is 20.9. The minimum atomic E-state index is -0.484. The smallest absolute Gasteiger partial charge is 0.232 e. The monoisotopic (exact) mass is 303 g/mol. The van der Waals surface area contributed by atoms with Gasteiger partial charge in [-0.25, -0.2) is 0 Å². The van der Waals surface area contributed by atoms with Gasteiger partial charge in [0.15, 0.2) is 0 Å². The molecular formula is C17H25N3O2. The van der Waals surface area contributed by atoms with Crippen molar-refractivity contribution >= 4 is 17.3 Å². The van der Waals surface area contributed by atoms with Crippen LogP contribution in [0.5, 0.6) is 0 Å². The lowest BCUT2D eigenvalue weighted by Gasteiger charge is -2.34. The lowest BCUT2D eigenvalue weighted by molar-refractivity contribution is -0.130. The minimum absolute atomic E-state index is 0.0249. The second kappa shape index (κ2) is 6.67. The van der Waals surface area contributed by atoms with Crippen LogP contribution >= 0.6 is 0 Å². The maximum atomic E-state index is 12.7. The van der Waals surface area contributed by atoms with Crippen molar-refractivity contribution in [3.8, 4) is 0 Å². The van der Waals surface area contributed by atoms with E-state index < -0.39 is 5.41 Å². The summed E-state index contributed by atoms with van der Waals surface area (Å²) < 4.78 is 5.37. The van der Waals surface area contributed by atoms with Crippen molar-refractivity contribution in [2.45, 2.75) is 25.7 Å². The van der Waals surface area contributed by atoms with E-state index in [1.54, 1.807) is 0 Å². The Morgan fingerprint density at radius 3 is 2.68 bits per heavy atom. The second-order valence-corrected chi connectivity index (χ2v) is 6.30. The molecule has 1 amide bonds. The summed E-state index contributed by atoms with van der Waals surface area (Å²) in [4.78, 5) is 15.1. The summed E-state index contributed by atoms with van der Waals surface area (Å²) in [5.41, 5.74) is 7.45. The first-order valence-corrected chi connectivity index (χ1v) is 8.18. The van der Waals surface area contributed by atoms with Crippen LogP contribution < -0.4 is 16.0 Å². The Morgan fingerprint density at radius 1 is 1.27 bits per heavy atom. The first-order chi connectivity index (χ1) is 10.7. The molecule has 3 rings (SSSR count). The van der Waals surface area contributed by atoms with Gasteiger partial charge in [0.2, 0.25) is 5.91 Å². The lowest BCUT2D eigenvalue weighted by atomic mass is 9.79. The third-order valence-electron chi connectivity index (χ3n) is 4.90. The number of nitrogens with one attached hydrogen (secondary N) is 1. The van der Waals surface area contributed by atoms with Crippen molar-refractivity contribution in [1.82, 2.24) is 0 Å². The van der Waals surface area contributed by atoms with Gasteiger partial charge in [-0.3, -0.25) is 4.79 Å². The Kier molecular flexibility index (Phi) is 4.64. The van der Waals surface area contributed by atoms with E-state index in [0.29, 0.717) is 32.6 Å². The largest absolute Gasteiger partial charge is 0.381 e. The number of nitrogens with zero attached hydrogens (tertiary/aromatic N) is 1. The molecule has 2 saturated heterocycles. The molecule has 0 aromatic heterocycles. The summed E-state index contributed by atoms with van der Waals surface area (Å²) in [5, 5.41) is 3.07. The van der Waals surface area contributed by atoms with E-state index in [1.165, 1.54) is 18.5 Å². The van der Waals surface area contributed by atoms with E-state index in [4.69, 9.17) is 10.5 Å². The van der Waals surface area contributed by atoms with Crippen molar-refractivity contribution in [3.05, 3.63) is 24.3 Å². The van der Waals surface area contributed by atoms with Crippen LogP contribution in [0.1, 0.15) is 25.7 Å². The number of anilines is 2. The zero-order chi connectivity index (χ0) is 15.4. The van der Waals surface area contributed by atoms with Gasteiger partial charge in [0.05, 0.1) is 5.41 Å². The number of hydrogen-bond donors (Lipinski definition) is 2. The fourth-order valence-electron chi connectivity index (χ4n) is 3.31. The van der Waals surface area contributed by atoms with Gasteiger partial charge in [0.25, 0.3) is 0 Å². The van der Waals surface area contributed by atoms with E-state index in [9.17, 15) is 4.79 Å². The third-order valence-corrected chi connectivity index (χ3v) is 4.90. The average molecular weight is 303 g/mol. The molecule has 0 atom stereocenters. The maximum Gasteiger partial charge on any atom is 0.232 e. The van der Waals surface area contributed by atoms with E-state index in [1.807, 2.05) is 12.1 Å². The molecule has 0 spiro atoms. The first kappa shape index (κ1) is 15.3. The summed E-state index contributed by atoms with van der Waals surface area (Å²) in [6.07, 6.45) is 3.88. The Hall–Kier alpha value is -1.59. The molecule has 1 aromatic rings. The molecule has 0 unspecified atom stereocenters. The van der Waals surface area contributed by atoms with Crippen LogP contribution in [0, 0.1) is 5.41 Å². The summed E-state index contributed by atoms with van der Waals surface area (Å²) >= 11 is 0. The number of carbonyl (C=O) groups excluding carboxylic acids is 1. The van der Waals surface area contributed by atoms with Crippen molar-refractivity contribution in [2.75, 3.05) is 43.1 Å². The SMILES string of the molecule is NCC1(C(=O)Nc2cccc(N3CCCC3)c2)CCOCC1. The molecule has 5 nitrogen and oxygen atoms in total. The molecule has 0 saturated carbocycles. The molecule has 2 aliphatic heterocycles. The van der Waals surface area contributed by atoms with Crippen LogP contribution in [0.3, 0.4) is 0 Å². The zero-order valence-electron chi connectivity index (χ0n) is 13.0. The number of nitrogens with two attached hydrogens (primary N) is 1. The van der Waals surface area contributed by atoms with E-state index >= 15 is 0 Å². The molecule has 0 radical (unpaired) electrons.